The van der Waals surface area contributed by atoms with Crippen LogP contribution in [0, 0.1) is 6.92 Å². The van der Waals surface area contributed by atoms with E-state index in [9.17, 15) is 22.8 Å². The van der Waals surface area contributed by atoms with Crippen molar-refractivity contribution in [3.63, 3.8) is 0 Å². The highest BCUT2D eigenvalue weighted by Crippen LogP contribution is 2.41. The van der Waals surface area contributed by atoms with Gasteiger partial charge in [0.1, 0.15) is 11.4 Å². The van der Waals surface area contributed by atoms with Crippen molar-refractivity contribution >= 4 is 29.3 Å². The minimum absolute atomic E-state index is 0.114. The molecular formula is C20H19F3N2O2S. The Morgan fingerprint density at radius 1 is 1.21 bits per heavy atom. The molecule has 3 rings (SSSR count). The minimum atomic E-state index is -4.47. The number of rotatable bonds is 4. The highest BCUT2D eigenvalue weighted by molar-refractivity contribution is 8.00. The minimum Gasteiger partial charge on any atom is -0.324 e. The van der Waals surface area contributed by atoms with E-state index in [0.717, 1.165) is 17.7 Å². The molecule has 0 spiro atoms. The molecule has 8 heteroatoms. The fourth-order valence-corrected chi connectivity index (χ4v) is 4.24. The summed E-state index contributed by atoms with van der Waals surface area (Å²) in [5.74, 6) is -0.557. The topological polar surface area (TPSA) is 49.4 Å². The monoisotopic (exact) mass is 408 g/mol. The lowest BCUT2D eigenvalue weighted by Crippen LogP contribution is -2.44. The number of carbonyl (C=O) groups excluding carboxylic acids is 2. The number of anilines is 1. The molecule has 2 atom stereocenters. The number of thioether (sulfide) groups is 1. The van der Waals surface area contributed by atoms with E-state index in [-0.39, 0.29) is 11.7 Å². The SMILES string of the molecule is Cc1ccc(NC(=O)C(C)N2C(=O)CSC2c2cccc(C(F)(F)F)c2)cc1. The van der Waals surface area contributed by atoms with Crippen LogP contribution in [0.1, 0.15) is 29.0 Å². The molecule has 1 aliphatic heterocycles. The molecule has 1 saturated heterocycles. The summed E-state index contributed by atoms with van der Waals surface area (Å²) in [6, 6.07) is 11.3. The molecule has 1 heterocycles. The molecule has 148 valence electrons. The van der Waals surface area contributed by atoms with Crippen LogP contribution in [-0.4, -0.2) is 28.5 Å². The maximum Gasteiger partial charge on any atom is 0.416 e. The van der Waals surface area contributed by atoms with Gasteiger partial charge in [-0.3, -0.25) is 9.59 Å². The van der Waals surface area contributed by atoms with Crippen molar-refractivity contribution < 1.29 is 22.8 Å². The van der Waals surface area contributed by atoms with E-state index in [0.29, 0.717) is 11.3 Å². The largest absolute Gasteiger partial charge is 0.416 e. The lowest BCUT2D eigenvalue weighted by molar-refractivity contribution is -0.137. The first-order valence-electron chi connectivity index (χ1n) is 8.64. The van der Waals surface area contributed by atoms with Crippen LogP contribution in [0.4, 0.5) is 18.9 Å². The summed E-state index contributed by atoms with van der Waals surface area (Å²) in [6.45, 7) is 3.50. The van der Waals surface area contributed by atoms with E-state index in [1.54, 1.807) is 25.1 Å². The Labute approximate surface area is 165 Å². The van der Waals surface area contributed by atoms with Crippen molar-refractivity contribution in [1.29, 1.82) is 0 Å². The number of halogens is 3. The molecule has 4 nitrogen and oxygen atoms in total. The van der Waals surface area contributed by atoms with Gasteiger partial charge in [-0.15, -0.1) is 11.8 Å². The van der Waals surface area contributed by atoms with Gasteiger partial charge in [0.2, 0.25) is 11.8 Å². The number of nitrogens with one attached hydrogen (secondary N) is 1. The van der Waals surface area contributed by atoms with E-state index in [1.807, 2.05) is 19.1 Å². The molecule has 1 fully saturated rings. The summed E-state index contributed by atoms with van der Waals surface area (Å²) in [6.07, 6.45) is -4.47. The van der Waals surface area contributed by atoms with Gasteiger partial charge in [0.25, 0.3) is 0 Å². The Kier molecular flexibility index (Phi) is 5.69. The first-order valence-corrected chi connectivity index (χ1v) is 9.69. The normalized spacial score (nSPS) is 18.2. The van der Waals surface area contributed by atoms with E-state index in [4.69, 9.17) is 0 Å². The highest BCUT2D eigenvalue weighted by Gasteiger charge is 2.40. The van der Waals surface area contributed by atoms with Gasteiger partial charge in [-0.05, 0) is 43.7 Å². The summed E-state index contributed by atoms with van der Waals surface area (Å²) < 4.78 is 39.1. The zero-order valence-corrected chi connectivity index (χ0v) is 16.1. The molecule has 2 aromatic rings. The first kappa shape index (κ1) is 20.3. The Bertz CT molecular complexity index is 884. The number of carbonyl (C=O) groups is 2. The average Bonchev–Trinajstić information content (AvgIpc) is 3.04. The third kappa shape index (κ3) is 4.32. The second-order valence-corrected chi connectivity index (χ2v) is 7.69. The number of hydrogen-bond acceptors (Lipinski definition) is 3. The Balaban J connectivity index is 1.81. The van der Waals surface area contributed by atoms with Crippen LogP contribution in [0.3, 0.4) is 0 Å². The standard InChI is InChI=1S/C20H19F3N2O2S/c1-12-6-8-16(9-7-12)24-18(27)13(2)25-17(26)11-28-19(25)14-4-3-5-15(10-14)20(21,22)23/h3-10,13,19H,11H2,1-2H3,(H,24,27). The zero-order valence-electron chi connectivity index (χ0n) is 15.3. The number of hydrogen-bond donors (Lipinski definition) is 1. The molecule has 1 N–H and O–H groups in total. The third-order valence-corrected chi connectivity index (χ3v) is 5.75. The number of alkyl halides is 3. The van der Waals surface area contributed by atoms with Gasteiger partial charge in [0.05, 0.1) is 11.3 Å². The Hall–Kier alpha value is -2.48. The van der Waals surface area contributed by atoms with E-state index in [1.165, 1.54) is 22.7 Å². The molecule has 0 radical (unpaired) electrons. The highest BCUT2D eigenvalue weighted by atomic mass is 32.2. The van der Waals surface area contributed by atoms with Gasteiger partial charge in [0.15, 0.2) is 0 Å². The number of aryl methyl sites for hydroxylation is 1. The van der Waals surface area contributed by atoms with Crippen LogP contribution in [0.2, 0.25) is 0 Å². The van der Waals surface area contributed by atoms with Crippen LogP contribution in [0.15, 0.2) is 48.5 Å². The summed E-state index contributed by atoms with van der Waals surface area (Å²) in [4.78, 5) is 26.4. The van der Waals surface area contributed by atoms with Crippen molar-refractivity contribution in [2.24, 2.45) is 0 Å². The van der Waals surface area contributed by atoms with Gasteiger partial charge in [-0.25, -0.2) is 0 Å². The maximum absolute atomic E-state index is 13.0. The lowest BCUT2D eigenvalue weighted by Gasteiger charge is -2.30. The average molecular weight is 408 g/mol. The lowest BCUT2D eigenvalue weighted by atomic mass is 10.1. The molecule has 2 aromatic carbocycles. The summed E-state index contributed by atoms with van der Waals surface area (Å²) >= 11 is 1.21. The quantitative estimate of drug-likeness (QED) is 0.804. The molecule has 0 aromatic heterocycles. The molecule has 0 bridgehead atoms. The van der Waals surface area contributed by atoms with E-state index < -0.39 is 29.1 Å². The first-order chi connectivity index (χ1) is 13.2. The summed E-state index contributed by atoms with van der Waals surface area (Å²) in [7, 11) is 0. The van der Waals surface area contributed by atoms with E-state index in [2.05, 4.69) is 5.32 Å². The fraction of sp³-hybridized carbons (Fsp3) is 0.300. The summed E-state index contributed by atoms with van der Waals surface area (Å²) in [5, 5.41) is 2.11. The van der Waals surface area contributed by atoms with Crippen LogP contribution < -0.4 is 5.32 Å². The molecule has 2 unspecified atom stereocenters. The number of nitrogens with zero attached hydrogens (tertiary/aromatic N) is 1. The molecule has 0 saturated carbocycles. The van der Waals surface area contributed by atoms with Gasteiger partial charge in [0, 0.05) is 5.69 Å². The maximum atomic E-state index is 13.0. The van der Waals surface area contributed by atoms with Crippen LogP contribution in [0.25, 0.3) is 0 Å². The summed E-state index contributed by atoms with van der Waals surface area (Å²) in [5.41, 5.74) is 1.21. The van der Waals surface area contributed by atoms with Gasteiger partial charge in [-0.2, -0.15) is 13.2 Å². The van der Waals surface area contributed by atoms with Crippen molar-refractivity contribution in [2.45, 2.75) is 31.4 Å². The van der Waals surface area contributed by atoms with Gasteiger partial charge in [-0.1, -0.05) is 29.8 Å². The second-order valence-electron chi connectivity index (χ2n) is 6.62. The number of amides is 2. The van der Waals surface area contributed by atoms with Gasteiger partial charge < -0.3 is 10.2 Å². The van der Waals surface area contributed by atoms with Crippen molar-refractivity contribution in [3.8, 4) is 0 Å². The second kappa shape index (κ2) is 7.87. The predicted molar refractivity (Wildman–Crippen MR) is 103 cm³/mol. The van der Waals surface area contributed by atoms with Crippen LogP contribution in [-0.2, 0) is 15.8 Å². The molecular weight excluding hydrogens is 389 g/mol. The number of benzene rings is 2. The third-order valence-electron chi connectivity index (χ3n) is 4.52. The molecule has 2 amide bonds. The zero-order chi connectivity index (χ0) is 20.5. The molecule has 28 heavy (non-hydrogen) atoms. The van der Waals surface area contributed by atoms with Crippen molar-refractivity contribution in [2.75, 3.05) is 11.1 Å². The fourth-order valence-electron chi connectivity index (χ4n) is 2.99. The Morgan fingerprint density at radius 3 is 2.54 bits per heavy atom. The van der Waals surface area contributed by atoms with Crippen LogP contribution in [0.5, 0.6) is 0 Å². The van der Waals surface area contributed by atoms with Crippen LogP contribution >= 0.6 is 11.8 Å². The van der Waals surface area contributed by atoms with Gasteiger partial charge >= 0.3 is 6.18 Å². The smallest absolute Gasteiger partial charge is 0.324 e. The van der Waals surface area contributed by atoms with Crippen molar-refractivity contribution in [3.05, 3.63) is 65.2 Å². The van der Waals surface area contributed by atoms with E-state index >= 15 is 0 Å². The molecule has 1 aliphatic rings. The Morgan fingerprint density at radius 2 is 1.89 bits per heavy atom. The van der Waals surface area contributed by atoms with Crippen molar-refractivity contribution in [1.82, 2.24) is 4.90 Å². The molecule has 0 aliphatic carbocycles. The predicted octanol–water partition coefficient (Wildman–Crippen LogP) is 4.62.